The van der Waals surface area contributed by atoms with Crippen LogP contribution in [0.15, 0.2) is 42.5 Å². The van der Waals surface area contributed by atoms with Gasteiger partial charge in [-0.1, -0.05) is 31.5 Å². The van der Waals surface area contributed by atoms with Crippen molar-refractivity contribution in [3.8, 4) is 22.3 Å². The largest absolute Gasteiger partial charge is 0.206 e. The minimum Gasteiger partial charge on any atom is -0.206 e. The van der Waals surface area contributed by atoms with E-state index in [1.165, 1.54) is 17.2 Å². The van der Waals surface area contributed by atoms with Crippen molar-refractivity contribution >= 4 is 0 Å². The highest BCUT2D eigenvalue weighted by Gasteiger charge is 2.21. The highest BCUT2D eigenvalue weighted by atomic mass is 19.2. The Morgan fingerprint density at radius 3 is 2.04 bits per heavy atom. The molecule has 0 fully saturated rings. The molecule has 27 heavy (non-hydrogen) atoms. The third-order valence-electron chi connectivity index (χ3n) is 5.15. The number of rotatable bonds is 3. The predicted molar refractivity (Wildman–Crippen MR) is 98.5 cm³/mol. The Morgan fingerprint density at radius 1 is 0.704 bits per heavy atom. The molecule has 0 nitrogen and oxygen atoms in total. The van der Waals surface area contributed by atoms with Crippen LogP contribution < -0.4 is 0 Å². The van der Waals surface area contributed by atoms with E-state index in [9.17, 15) is 17.6 Å². The van der Waals surface area contributed by atoms with Crippen molar-refractivity contribution in [1.29, 1.82) is 0 Å². The molecule has 1 aliphatic rings. The Labute approximate surface area is 155 Å². The van der Waals surface area contributed by atoms with Crippen molar-refractivity contribution in [2.24, 2.45) is 0 Å². The van der Waals surface area contributed by atoms with E-state index in [1.54, 1.807) is 6.07 Å². The summed E-state index contributed by atoms with van der Waals surface area (Å²) in [7, 11) is 0. The van der Waals surface area contributed by atoms with Gasteiger partial charge in [0.2, 0.25) is 0 Å². The molecule has 0 amide bonds. The highest BCUT2D eigenvalue weighted by Crippen LogP contribution is 2.38. The predicted octanol–water partition coefficient (Wildman–Crippen LogP) is 6.63. The van der Waals surface area contributed by atoms with Crippen molar-refractivity contribution in [2.45, 2.75) is 32.6 Å². The molecule has 0 atom stereocenters. The molecule has 0 saturated carbocycles. The third kappa shape index (κ3) is 3.14. The molecule has 4 heteroatoms. The van der Waals surface area contributed by atoms with Crippen molar-refractivity contribution in [1.82, 2.24) is 0 Å². The Hall–Kier alpha value is -2.62. The summed E-state index contributed by atoms with van der Waals surface area (Å²) in [6, 6.07) is 11.0. The SMILES string of the molecule is CCCc1ccc2c(c1)CCc1cc(-c3cc(F)c(F)c(F)c3)c(F)cc1-2. The quantitative estimate of drug-likeness (QED) is 0.359. The van der Waals surface area contributed by atoms with E-state index in [0.29, 0.717) is 0 Å². The fraction of sp³-hybridized carbons (Fsp3) is 0.217. The first-order chi connectivity index (χ1) is 13.0. The van der Waals surface area contributed by atoms with Crippen LogP contribution in [0.2, 0.25) is 0 Å². The van der Waals surface area contributed by atoms with E-state index < -0.39 is 23.3 Å². The molecule has 3 aromatic carbocycles. The van der Waals surface area contributed by atoms with Gasteiger partial charge < -0.3 is 0 Å². The normalized spacial score (nSPS) is 12.6. The third-order valence-corrected chi connectivity index (χ3v) is 5.15. The molecule has 0 aliphatic heterocycles. The van der Waals surface area contributed by atoms with Crippen molar-refractivity contribution in [3.05, 3.63) is 82.4 Å². The smallest absolute Gasteiger partial charge is 0.194 e. The molecule has 0 aromatic heterocycles. The average molecular weight is 370 g/mol. The van der Waals surface area contributed by atoms with Gasteiger partial charge in [0.1, 0.15) is 5.82 Å². The molecule has 0 bridgehead atoms. The molecule has 0 heterocycles. The minimum atomic E-state index is -1.55. The van der Waals surface area contributed by atoms with Crippen LogP contribution in [0.25, 0.3) is 22.3 Å². The summed E-state index contributed by atoms with van der Waals surface area (Å²) < 4.78 is 55.1. The molecule has 138 valence electrons. The van der Waals surface area contributed by atoms with Gasteiger partial charge in [0.15, 0.2) is 17.5 Å². The van der Waals surface area contributed by atoms with E-state index in [0.717, 1.165) is 54.5 Å². The van der Waals surface area contributed by atoms with Crippen LogP contribution in [-0.2, 0) is 19.3 Å². The second-order valence-electron chi connectivity index (χ2n) is 6.98. The van der Waals surface area contributed by atoms with Crippen LogP contribution in [0.5, 0.6) is 0 Å². The second kappa shape index (κ2) is 6.84. The van der Waals surface area contributed by atoms with Crippen LogP contribution in [0.4, 0.5) is 17.6 Å². The molecule has 4 rings (SSSR count). The van der Waals surface area contributed by atoms with Gasteiger partial charge in [-0.25, -0.2) is 17.6 Å². The van der Waals surface area contributed by atoms with Crippen molar-refractivity contribution in [2.75, 3.05) is 0 Å². The zero-order chi connectivity index (χ0) is 19.1. The lowest BCUT2D eigenvalue weighted by Gasteiger charge is -2.22. The standard InChI is InChI=1S/C23H18F4/c1-2-3-13-4-7-17-14(8-13)5-6-15-9-19(20(24)12-18(15)17)16-10-21(25)23(27)22(26)11-16/h4,7-12H,2-3,5-6H2,1H3. The van der Waals surface area contributed by atoms with Gasteiger partial charge in [0.05, 0.1) is 0 Å². The number of halogens is 4. The topological polar surface area (TPSA) is 0 Å². The van der Waals surface area contributed by atoms with E-state index in [1.807, 2.05) is 6.07 Å². The lowest BCUT2D eigenvalue weighted by molar-refractivity contribution is 0.447. The zero-order valence-corrected chi connectivity index (χ0v) is 14.9. The maximum Gasteiger partial charge on any atom is 0.194 e. The summed E-state index contributed by atoms with van der Waals surface area (Å²) in [5.74, 6) is -4.77. The van der Waals surface area contributed by atoms with Crippen molar-refractivity contribution in [3.63, 3.8) is 0 Å². The summed E-state index contributed by atoms with van der Waals surface area (Å²) in [6.45, 7) is 2.13. The summed E-state index contributed by atoms with van der Waals surface area (Å²) in [4.78, 5) is 0. The minimum absolute atomic E-state index is 0.00390. The molecule has 0 N–H and O–H groups in total. The average Bonchev–Trinajstić information content (AvgIpc) is 2.65. The second-order valence-corrected chi connectivity index (χ2v) is 6.98. The lowest BCUT2D eigenvalue weighted by Crippen LogP contribution is -2.06. The molecule has 1 aliphatic carbocycles. The number of hydrogen-bond acceptors (Lipinski definition) is 0. The lowest BCUT2D eigenvalue weighted by atomic mass is 9.83. The van der Waals surface area contributed by atoms with Crippen LogP contribution in [0.1, 0.15) is 30.0 Å². The number of benzene rings is 3. The molecule has 3 aromatic rings. The first-order valence-electron chi connectivity index (χ1n) is 9.07. The van der Waals surface area contributed by atoms with Crippen LogP contribution in [0, 0.1) is 23.3 Å². The molecule has 0 unspecified atom stereocenters. The summed E-state index contributed by atoms with van der Waals surface area (Å²) >= 11 is 0. The van der Waals surface area contributed by atoms with E-state index in [2.05, 4.69) is 19.1 Å². The van der Waals surface area contributed by atoms with Gasteiger partial charge in [0, 0.05) is 5.56 Å². The first kappa shape index (κ1) is 17.8. The maximum atomic E-state index is 14.8. The number of aryl methyl sites for hydroxylation is 3. The van der Waals surface area contributed by atoms with Gasteiger partial charge in [-0.2, -0.15) is 0 Å². The molecule has 0 saturated heterocycles. The highest BCUT2D eigenvalue weighted by molar-refractivity contribution is 5.78. The Bertz CT molecular complexity index is 1010. The maximum absolute atomic E-state index is 14.8. The van der Waals surface area contributed by atoms with Gasteiger partial charge >= 0.3 is 0 Å². The fourth-order valence-corrected chi connectivity index (χ4v) is 3.84. The van der Waals surface area contributed by atoms with E-state index in [4.69, 9.17) is 0 Å². The van der Waals surface area contributed by atoms with Crippen LogP contribution in [-0.4, -0.2) is 0 Å². The first-order valence-corrected chi connectivity index (χ1v) is 9.07. The van der Waals surface area contributed by atoms with Crippen molar-refractivity contribution < 1.29 is 17.6 Å². The van der Waals surface area contributed by atoms with Gasteiger partial charge in [-0.05, 0) is 76.9 Å². The molecular formula is C23H18F4. The number of fused-ring (bicyclic) bond motifs is 3. The molecule has 0 spiro atoms. The Kier molecular flexibility index (Phi) is 4.50. The summed E-state index contributed by atoms with van der Waals surface area (Å²) in [6.07, 6.45) is 3.63. The monoisotopic (exact) mass is 370 g/mol. The Morgan fingerprint density at radius 2 is 1.37 bits per heavy atom. The van der Waals surface area contributed by atoms with E-state index >= 15 is 0 Å². The van der Waals surface area contributed by atoms with Crippen LogP contribution in [0.3, 0.4) is 0 Å². The fourth-order valence-electron chi connectivity index (χ4n) is 3.84. The van der Waals surface area contributed by atoms with Gasteiger partial charge in [-0.15, -0.1) is 0 Å². The van der Waals surface area contributed by atoms with Gasteiger partial charge in [-0.3, -0.25) is 0 Å². The van der Waals surface area contributed by atoms with Crippen LogP contribution >= 0.6 is 0 Å². The Balaban J connectivity index is 1.81. The summed E-state index contributed by atoms with van der Waals surface area (Å²) in [5, 5.41) is 0. The van der Waals surface area contributed by atoms with Gasteiger partial charge in [0.25, 0.3) is 0 Å². The molecular weight excluding hydrogens is 352 g/mol. The summed E-state index contributed by atoms with van der Waals surface area (Å²) in [5.41, 5.74) is 5.27. The zero-order valence-electron chi connectivity index (χ0n) is 14.9. The molecule has 0 radical (unpaired) electrons. The van der Waals surface area contributed by atoms with E-state index in [-0.39, 0.29) is 11.1 Å². The number of hydrogen-bond donors (Lipinski definition) is 0.